The summed E-state index contributed by atoms with van der Waals surface area (Å²) in [6.07, 6.45) is -2.62. The van der Waals surface area contributed by atoms with Gasteiger partial charge in [-0.25, -0.2) is 13.2 Å². The van der Waals surface area contributed by atoms with Crippen molar-refractivity contribution < 1.29 is 116 Å². The van der Waals surface area contributed by atoms with Crippen LogP contribution in [0.3, 0.4) is 0 Å². The molecular weight excluding hydrogens is 671 g/mol. The summed E-state index contributed by atoms with van der Waals surface area (Å²) in [4.78, 5) is 71.3. The minimum Gasteiger partial charge on any atom is -0.637 e. The van der Waals surface area contributed by atoms with Crippen LogP contribution in [-0.2, 0) is 54.6 Å². The fourth-order valence-corrected chi connectivity index (χ4v) is 6.65. The second-order valence-electron chi connectivity index (χ2n) is 9.01. The van der Waals surface area contributed by atoms with Gasteiger partial charge in [0.05, 0.1) is 17.4 Å². The summed E-state index contributed by atoms with van der Waals surface area (Å²) in [6, 6.07) is 2.97. The molecule has 1 fully saturated rings. The first kappa shape index (κ1) is 40.1. The Labute approximate surface area is 305 Å². The molecule has 0 saturated carbocycles. The number of carbonyl (C=O) groups is 5. The van der Waals surface area contributed by atoms with Crippen molar-refractivity contribution in [2.24, 2.45) is 0 Å². The van der Waals surface area contributed by atoms with Gasteiger partial charge < -0.3 is 34.2 Å². The van der Waals surface area contributed by atoms with Gasteiger partial charge in [-0.1, -0.05) is 35.7 Å². The van der Waals surface area contributed by atoms with Gasteiger partial charge in [0.15, 0.2) is 15.2 Å². The number of hydrogen-bond acceptors (Lipinski definition) is 12. The van der Waals surface area contributed by atoms with E-state index in [9.17, 15) is 42.3 Å². The molecule has 0 aliphatic carbocycles. The predicted molar refractivity (Wildman–Crippen MR) is 139 cm³/mol. The van der Waals surface area contributed by atoms with E-state index in [1.807, 2.05) is 0 Å². The molecule has 1 unspecified atom stereocenters. The molecule has 2 heterocycles. The number of nitrogens with zero attached hydrogens (tertiary/aromatic N) is 1. The molecule has 2 N–H and O–H groups in total. The molecule has 228 valence electrons. The van der Waals surface area contributed by atoms with Gasteiger partial charge in [0.25, 0.3) is 5.91 Å². The summed E-state index contributed by atoms with van der Waals surface area (Å²) in [6.45, 7) is 1.30. The van der Waals surface area contributed by atoms with Crippen LogP contribution in [0.15, 0.2) is 29.5 Å². The molecule has 0 spiro atoms. The van der Waals surface area contributed by atoms with E-state index in [1.54, 1.807) is 12.1 Å². The smallest absolute Gasteiger partial charge is 0.637 e. The van der Waals surface area contributed by atoms with E-state index in [0.29, 0.717) is 15.5 Å². The van der Waals surface area contributed by atoms with Gasteiger partial charge >= 0.3 is 71.2 Å². The molecule has 1 saturated heterocycles. The molecule has 0 radical (unpaired) electrons. The van der Waals surface area contributed by atoms with Gasteiger partial charge in [0, 0.05) is 40.9 Å². The topological polar surface area (TPSA) is 215 Å². The minimum absolute atomic E-state index is 0. The largest absolute Gasteiger partial charge is 1.00 e. The Morgan fingerprint density at radius 1 is 1.16 bits per heavy atom. The number of esters is 1. The molecule has 3 rings (SSSR count). The van der Waals surface area contributed by atoms with Crippen LogP contribution in [0.4, 0.5) is 4.79 Å². The SMILES string of the molecule is CC(=O)OCC1=C(C(=O)[O-])N2C(=O)[C@H](NC(=O)CCCC(NC(=O)OCc3ccc(Cl)cc3Cl)O[C-]=O)[C@@H]2S(=O)(=O)C1.[Na+].[Na+]. The summed E-state index contributed by atoms with van der Waals surface area (Å²) in [5.74, 6) is -5.28. The molecule has 2 aliphatic heterocycles. The first-order valence-corrected chi connectivity index (χ1v) is 14.5. The zero-order valence-corrected chi connectivity index (χ0v) is 30.0. The van der Waals surface area contributed by atoms with Crippen molar-refractivity contribution in [3.05, 3.63) is 45.1 Å². The summed E-state index contributed by atoms with van der Waals surface area (Å²) in [7, 11) is -4.19. The summed E-state index contributed by atoms with van der Waals surface area (Å²) < 4.78 is 40.0. The van der Waals surface area contributed by atoms with E-state index in [2.05, 4.69) is 15.4 Å². The van der Waals surface area contributed by atoms with Crippen LogP contribution in [0.5, 0.6) is 0 Å². The molecule has 3 atom stereocenters. The number of hydrogen-bond donors (Lipinski definition) is 2. The third kappa shape index (κ3) is 10.3. The number of alkyl carbamates (subject to hydrolysis) is 1. The Bertz CT molecular complexity index is 1440. The molecule has 1 aromatic rings. The van der Waals surface area contributed by atoms with Crippen LogP contribution in [0.1, 0.15) is 31.7 Å². The quantitative estimate of drug-likeness (QED) is 0.0493. The average molecular weight is 694 g/mol. The zero-order chi connectivity index (χ0) is 31.2. The van der Waals surface area contributed by atoms with Gasteiger partial charge in [-0.2, -0.15) is 0 Å². The van der Waals surface area contributed by atoms with Crippen molar-refractivity contribution in [2.45, 2.75) is 50.4 Å². The van der Waals surface area contributed by atoms with Crippen molar-refractivity contribution >= 4 is 69.4 Å². The molecule has 20 heteroatoms. The Morgan fingerprint density at radius 2 is 1.84 bits per heavy atom. The van der Waals surface area contributed by atoms with E-state index in [1.165, 1.54) is 12.5 Å². The third-order valence-corrected chi connectivity index (χ3v) is 8.59. The molecule has 15 nitrogen and oxygen atoms in total. The first-order valence-electron chi connectivity index (χ1n) is 12.1. The standard InChI is InChI=1S/C24H24Cl2N3O12S.2Na/c1-12(31)39-9-14-10-42(37,38)22-19(21(33)29(22)20(14)23(34)35)27-17(32)3-2-4-18(41-11-30)28-24(36)40-8-13-5-6-15(25)7-16(13)26;;/h5-7,18-19,22H,2-4,8-10H2,1H3,(H,27,32)(H,28,36)(H,34,35);;/q-1;2*+1/p-1/t18?,19-,22-;;/m0../s1. The molecule has 3 amide bonds. The minimum atomic E-state index is -4.19. The fraction of sp³-hybridized carbons (Fsp3) is 0.417. The van der Waals surface area contributed by atoms with Gasteiger partial charge in [0.1, 0.15) is 25.5 Å². The average Bonchev–Trinajstić information content (AvgIpc) is 2.89. The van der Waals surface area contributed by atoms with Gasteiger partial charge in [-0.3, -0.25) is 24.6 Å². The first-order chi connectivity index (χ1) is 19.7. The molecule has 2 aliphatic rings. The number of ether oxygens (including phenoxy) is 3. The number of β-lactam (4-membered cyclic amide) rings is 1. The molecule has 1 aromatic carbocycles. The number of rotatable bonds is 13. The maximum Gasteiger partial charge on any atom is 1.00 e. The summed E-state index contributed by atoms with van der Waals surface area (Å²) in [5, 5.41) is 15.2. The van der Waals surface area contributed by atoms with Crippen molar-refractivity contribution in [3.8, 4) is 0 Å². The number of carboxylic acid groups (broad SMARTS) is 1. The van der Waals surface area contributed by atoms with Crippen LogP contribution in [0.25, 0.3) is 0 Å². The Morgan fingerprint density at radius 3 is 2.43 bits per heavy atom. The van der Waals surface area contributed by atoms with E-state index in [0.717, 1.165) is 6.92 Å². The fourth-order valence-electron chi connectivity index (χ4n) is 4.18. The van der Waals surface area contributed by atoms with E-state index in [-0.39, 0.29) is 95.6 Å². The van der Waals surface area contributed by atoms with Crippen molar-refractivity contribution in [1.29, 1.82) is 0 Å². The zero-order valence-electron chi connectivity index (χ0n) is 23.7. The second-order valence-corrected chi connectivity index (χ2v) is 12.0. The maximum atomic E-state index is 12.8. The number of nitrogens with one attached hydrogen (secondary N) is 2. The van der Waals surface area contributed by atoms with Crippen LogP contribution in [0, 0.1) is 0 Å². The Balaban J connectivity index is 0.00000484. The van der Waals surface area contributed by atoms with Crippen molar-refractivity contribution in [1.82, 2.24) is 15.5 Å². The Kier molecular flexibility index (Phi) is 16.2. The van der Waals surface area contributed by atoms with E-state index in [4.69, 9.17) is 32.7 Å². The van der Waals surface area contributed by atoms with Crippen molar-refractivity contribution in [3.63, 3.8) is 0 Å². The number of carboxylic acids is 1. The Hall–Kier alpha value is -1.89. The van der Waals surface area contributed by atoms with E-state index < -0.39 is 75.4 Å². The van der Waals surface area contributed by atoms with Crippen LogP contribution in [-0.4, -0.2) is 79.6 Å². The third-order valence-electron chi connectivity index (χ3n) is 6.04. The molecule has 0 aromatic heterocycles. The van der Waals surface area contributed by atoms with Gasteiger partial charge in [-0.15, -0.1) is 0 Å². The summed E-state index contributed by atoms with van der Waals surface area (Å²) >= 11 is 11.8. The molecule has 0 bridgehead atoms. The number of amides is 3. The monoisotopic (exact) mass is 693 g/mol. The van der Waals surface area contributed by atoms with Crippen LogP contribution < -0.4 is 74.9 Å². The van der Waals surface area contributed by atoms with Crippen molar-refractivity contribution in [2.75, 3.05) is 12.4 Å². The van der Waals surface area contributed by atoms with Gasteiger partial charge in [-0.05, 0) is 18.6 Å². The normalized spacial score (nSPS) is 18.6. The summed E-state index contributed by atoms with van der Waals surface area (Å²) in [5.41, 5.74) is -0.632. The second kappa shape index (κ2) is 17.7. The number of aliphatic carboxylic acids is 1. The number of benzene rings is 1. The van der Waals surface area contributed by atoms with Crippen LogP contribution in [0.2, 0.25) is 10.0 Å². The van der Waals surface area contributed by atoms with Gasteiger partial charge in [0.2, 0.25) is 5.91 Å². The van der Waals surface area contributed by atoms with Crippen LogP contribution >= 0.6 is 23.2 Å². The maximum absolute atomic E-state index is 12.8. The number of sulfone groups is 1. The molecule has 44 heavy (non-hydrogen) atoms. The number of carbonyl (C=O) groups excluding carboxylic acids is 6. The molecular formula is C24H23Cl2N3Na2O12S. The number of fused-ring (bicyclic) bond motifs is 1. The predicted octanol–water partition coefficient (Wildman–Crippen LogP) is -6.54. The number of halogens is 2. The van der Waals surface area contributed by atoms with E-state index >= 15 is 0 Å².